The van der Waals surface area contributed by atoms with Gasteiger partial charge in [-0.25, -0.2) is 9.13 Å². The Morgan fingerprint density at radius 3 is 0.571 bits per heavy atom. The van der Waals surface area contributed by atoms with Crippen LogP contribution in [-0.4, -0.2) is 158 Å². The quantitative estimate of drug-likeness (QED) is 0.250. The second-order valence-electron chi connectivity index (χ2n) is 1.06. The van der Waals surface area contributed by atoms with Gasteiger partial charge < -0.3 is 68.9 Å². The first-order valence-corrected chi connectivity index (χ1v) is 4.59. The zero-order valence-electron chi connectivity index (χ0n) is 8.41. The molecule has 21 heavy (non-hydrogen) atoms. The van der Waals surface area contributed by atoms with Crippen LogP contribution in [-0.2, 0) is 13.4 Å². The number of phosphoric acid groups is 2. The van der Waals surface area contributed by atoms with E-state index in [1.54, 1.807) is 0 Å². The standard InChI is InChI=1S/3Na.H4O7P2.9H2O.3H/c;;;1-8(2,3)7-9(4,5)6;;;;;;;;;;;;/h;;;(H2,1,2,3)(H2,4,5,6);9*1H2;;;. The van der Waals surface area contributed by atoms with Gasteiger partial charge in [0.05, 0.1) is 0 Å². The molecule has 0 saturated heterocycles. The van der Waals surface area contributed by atoms with Gasteiger partial charge >= 0.3 is 104 Å². The average Bonchev–Trinajstić information content (AvgIpc) is 1.14. The van der Waals surface area contributed by atoms with Crippen molar-refractivity contribution < 1.29 is 82.3 Å². The minimum absolute atomic E-state index is 0. The molecule has 0 heterocycles. The van der Waals surface area contributed by atoms with Gasteiger partial charge in [-0.05, 0) is 0 Å². The van der Waals surface area contributed by atoms with Crippen LogP contribution in [0.2, 0.25) is 0 Å². The molecule has 16 nitrogen and oxygen atoms in total. The van der Waals surface area contributed by atoms with Crippen LogP contribution in [0.4, 0.5) is 0 Å². The van der Waals surface area contributed by atoms with E-state index in [1.807, 2.05) is 0 Å². The molecular formula is H25Na3O16P2. The van der Waals surface area contributed by atoms with Crippen LogP contribution < -0.4 is 0 Å². The molecule has 0 radical (unpaired) electrons. The molecule has 0 amide bonds. The fourth-order valence-corrected chi connectivity index (χ4v) is 1.25. The first kappa shape index (κ1) is 105. The Hall–Kier alpha value is 2.90. The first-order chi connectivity index (χ1) is 3.71. The topological polar surface area (TPSA) is 408 Å². The summed E-state index contributed by atoms with van der Waals surface area (Å²) in [6.07, 6.45) is 0. The molecule has 0 aromatic rings. The summed E-state index contributed by atoms with van der Waals surface area (Å²) in [7, 11) is -10.1. The van der Waals surface area contributed by atoms with Crippen molar-refractivity contribution >= 4 is 104 Å². The molecule has 0 aliphatic heterocycles. The molecule has 0 saturated carbocycles. The second-order valence-corrected chi connectivity index (χ2v) is 3.68. The molecule has 22 N–H and O–H groups in total. The molecule has 0 rings (SSSR count). The van der Waals surface area contributed by atoms with E-state index in [4.69, 9.17) is 19.6 Å². The Bertz CT molecular complexity index is 162. The summed E-state index contributed by atoms with van der Waals surface area (Å²) in [4.78, 5) is 31.0. The normalized spacial score (nSPS) is 5.90. The summed E-state index contributed by atoms with van der Waals surface area (Å²) in [5.74, 6) is 0. The van der Waals surface area contributed by atoms with Crippen molar-refractivity contribution in [3.63, 3.8) is 0 Å². The maximum absolute atomic E-state index is 9.63. The van der Waals surface area contributed by atoms with E-state index in [0.29, 0.717) is 0 Å². The number of rotatable bonds is 2. The average molecular weight is 412 g/mol. The maximum atomic E-state index is 9.63. The third kappa shape index (κ3) is 126. The first-order valence-electron chi connectivity index (χ1n) is 1.53. The van der Waals surface area contributed by atoms with E-state index in [9.17, 15) is 9.13 Å². The van der Waals surface area contributed by atoms with E-state index < -0.39 is 15.6 Å². The van der Waals surface area contributed by atoms with E-state index in [2.05, 4.69) is 4.31 Å². The Kier molecular flexibility index (Phi) is 218. The van der Waals surface area contributed by atoms with Crippen molar-refractivity contribution in [2.75, 3.05) is 0 Å². The van der Waals surface area contributed by atoms with E-state index in [-0.39, 0.29) is 138 Å². The van der Waals surface area contributed by atoms with Crippen molar-refractivity contribution in [1.82, 2.24) is 0 Å². The zero-order valence-corrected chi connectivity index (χ0v) is 10.2. The molecule has 0 bridgehead atoms. The molecule has 21 heteroatoms. The summed E-state index contributed by atoms with van der Waals surface area (Å²) in [6.45, 7) is 0. The molecule has 0 fully saturated rings. The Labute approximate surface area is 184 Å². The van der Waals surface area contributed by atoms with Gasteiger partial charge in [-0.1, -0.05) is 0 Å². The van der Waals surface area contributed by atoms with Gasteiger partial charge in [0.15, 0.2) is 0 Å². The third-order valence-corrected chi connectivity index (χ3v) is 1.91. The summed E-state index contributed by atoms with van der Waals surface area (Å²) >= 11 is 0. The SMILES string of the molecule is O.O.O.O.O.O.O.O.O.O=P(O)(O)OP(=O)(O)O.[NaH].[NaH].[NaH]. The van der Waals surface area contributed by atoms with Gasteiger partial charge in [0, 0.05) is 0 Å². The van der Waals surface area contributed by atoms with Crippen molar-refractivity contribution in [2.24, 2.45) is 0 Å². The minimum atomic E-state index is -5.05. The van der Waals surface area contributed by atoms with Crippen molar-refractivity contribution in [1.29, 1.82) is 0 Å². The Morgan fingerprint density at radius 2 is 0.571 bits per heavy atom. The predicted octanol–water partition coefficient (Wildman–Crippen LogP) is -10.2. The summed E-state index contributed by atoms with van der Waals surface area (Å²) in [5.41, 5.74) is 0. The Morgan fingerprint density at radius 1 is 0.476 bits per heavy atom. The summed E-state index contributed by atoms with van der Waals surface area (Å²) < 4.78 is 22.2. The van der Waals surface area contributed by atoms with Gasteiger partial charge in [0.2, 0.25) is 0 Å². The predicted molar refractivity (Wildman–Crippen MR) is 79.1 cm³/mol. The fraction of sp³-hybridized carbons (Fsp3) is 0. The summed E-state index contributed by atoms with van der Waals surface area (Å²) in [6, 6.07) is 0. The van der Waals surface area contributed by atoms with Crippen LogP contribution in [0.5, 0.6) is 0 Å². The van der Waals surface area contributed by atoms with Gasteiger partial charge in [0.1, 0.15) is 0 Å². The fourth-order valence-electron chi connectivity index (χ4n) is 0.139. The van der Waals surface area contributed by atoms with Crippen molar-refractivity contribution in [3.05, 3.63) is 0 Å². The van der Waals surface area contributed by atoms with Crippen LogP contribution in [0, 0.1) is 0 Å². The van der Waals surface area contributed by atoms with E-state index in [0.717, 1.165) is 0 Å². The molecule has 134 valence electrons. The van der Waals surface area contributed by atoms with Crippen LogP contribution in [0.15, 0.2) is 0 Å². The monoisotopic (exact) mass is 412 g/mol. The van der Waals surface area contributed by atoms with Gasteiger partial charge in [-0.3, -0.25) is 0 Å². The molecule has 0 aliphatic carbocycles. The summed E-state index contributed by atoms with van der Waals surface area (Å²) in [5, 5.41) is 0. The van der Waals surface area contributed by atoms with Crippen LogP contribution in [0.1, 0.15) is 0 Å². The molecular weight excluding hydrogens is 387 g/mol. The number of hydrogen-bond acceptors (Lipinski definition) is 3. The molecule has 0 aromatic carbocycles. The van der Waals surface area contributed by atoms with Gasteiger partial charge in [-0.15, -0.1) is 0 Å². The Balaban J connectivity index is -0.00000000485. The molecule has 0 aromatic heterocycles. The molecule has 0 aliphatic rings. The molecule has 0 unspecified atom stereocenters. The second kappa shape index (κ2) is 43.4. The molecule has 0 spiro atoms. The third-order valence-electron chi connectivity index (χ3n) is 0.213. The van der Waals surface area contributed by atoms with E-state index >= 15 is 0 Å². The van der Waals surface area contributed by atoms with Crippen molar-refractivity contribution in [3.8, 4) is 0 Å². The number of hydrogen-bond donors (Lipinski definition) is 4. The van der Waals surface area contributed by atoms with Crippen LogP contribution in [0.3, 0.4) is 0 Å². The van der Waals surface area contributed by atoms with Crippen LogP contribution in [0.25, 0.3) is 0 Å². The van der Waals surface area contributed by atoms with E-state index in [1.165, 1.54) is 0 Å². The van der Waals surface area contributed by atoms with Gasteiger partial charge in [0.25, 0.3) is 0 Å². The van der Waals surface area contributed by atoms with Crippen LogP contribution >= 0.6 is 15.6 Å². The zero-order chi connectivity index (χ0) is 7.71. The van der Waals surface area contributed by atoms with Crippen molar-refractivity contribution in [2.45, 2.75) is 0 Å². The van der Waals surface area contributed by atoms with Gasteiger partial charge in [-0.2, -0.15) is 4.31 Å². The molecule has 0 atom stereocenters.